The summed E-state index contributed by atoms with van der Waals surface area (Å²) in [4.78, 5) is 2.35. The molecule has 0 bridgehead atoms. The van der Waals surface area contributed by atoms with Crippen LogP contribution < -0.4 is 0 Å². The molecule has 1 saturated heterocycles. The summed E-state index contributed by atoms with van der Waals surface area (Å²) in [5, 5.41) is 9.38. The molecule has 1 aliphatic heterocycles. The summed E-state index contributed by atoms with van der Waals surface area (Å²) in [5.74, 6) is -0.218. The summed E-state index contributed by atoms with van der Waals surface area (Å²) in [6.07, 6.45) is 2.45. The van der Waals surface area contributed by atoms with E-state index in [1.54, 1.807) is 0 Å². The quantitative estimate of drug-likeness (QED) is 0.517. The molecule has 31 heavy (non-hydrogen) atoms. The van der Waals surface area contributed by atoms with Crippen LogP contribution >= 0.6 is 0 Å². The molecule has 0 amide bonds. The summed E-state index contributed by atoms with van der Waals surface area (Å²) < 4.78 is 19.7. The molecule has 3 aromatic rings. The van der Waals surface area contributed by atoms with Gasteiger partial charge in [0.25, 0.3) is 0 Å². The van der Waals surface area contributed by atoms with Gasteiger partial charge in [-0.1, -0.05) is 66.7 Å². The van der Waals surface area contributed by atoms with E-state index < -0.39 is 0 Å². The van der Waals surface area contributed by atoms with E-state index in [0.29, 0.717) is 6.73 Å². The number of aliphatic hydroxyl groups excluding tert-OH is 1. The second-order valence-electron chi connectivity index (χ2n) is 8.33. The fourth-order valence-corrected chi connectivity index (χ4v) is 4.46. The molecule has 162 valence electrons. The number of hydrogen-bond acceptors (Lipinski definition) is 3. The third kappa shape index (κ3) is 4.87. The molecule has 1 fully saturated rings. The lowest BCUT2D eigenvalue weighted by Gasteiger charge is -2.44. The highest BCUT2D eigenvalue weighted by Crippen LogP contribution is 2.39. The minimum absolute atomic E-state index is 0.179. The number of rotatable bonds is 7. The van der Waals surface area contributed by atoms with Crippen molar-refractivity contribution in [1.82, 2.24) is 4.90 Å². The van der Waals surface area contributed by atoms with Gasteiger partial charge in [-0.15, -0.1) is 0 Å². The van der Waals surface area contributed by atoms with E-state index in [0.717, 1.165) is 36.9 Å². The van der Waals surface area contributed by atoms with E-state index in [9.17, 15) is 9.50 Å². The smallest absolute Gasteiger partial charge is 0.123 e. The summed E-state index contributed by atoms with van der Waals surface area (Å²) in [5.41, 5.74) is 4.19. The predicted octanol–water partition coefficient (Wildman–Crippen LogP) is 5.90. The SMILES string of the molecule is C[C@@H](c1ccc(-c2ccc(F)cc2)cc1)N1CCC(CCCO)(c2ccccc2)OC1. The Kier molecular flexibility index (Phi) is 6.81. The van der Waals surface area contributed by atoms with E-state index in [-0.39, 0.29) is 24.1 Å². The molecule has 3 nitrogen and oxygen atoms in total. The van der Waals surface area contributed by atoms with Crippen LogP contribution in [-0.4, -0.2) is 29.9 Å². The molecule has 3 aromatic carbocycles. The van der Waals surface area contributed by atoms with Crippen LogP contribution in [0, 0.1) is 5.82 Å². The van der Waals surface area contributed by atoms with Crippen LogP contribution in [0.15, 0.2) is 78.9 Å². The van der Waals surface area contributed by atoms with Gasteiger partial charge in [-0.2, -0.15) is 0 Å². The van der Waals surface area contributed by atoms with Crippen LogP contribution in [0.1, 0.15) is 43.4 Å². The van der Waals surface area contributed by atoms with Gasteiger partial charge >= 0.3 is 0 Å². The Labute approximate surface area is 184 Å². The van der Waals surface area contributed by atoms with Crippen molar-refractivity contribution < 1.29 is 14.2 Å². The molecule has 4 heteroatoms. The molecule has 0 aromatic heterocycles. The Balaban J connectivity index is 1.44. The minimum atomic E-state index is -0.327. The zero-order valence-electron chi connectivity index (χ0n) is 18.0. The van der Waals surface area contributed by atoms with E-state index in [1.807, 2.05) is 18.2 Å². The topological polar surface area (TPSA) is 32.7 Å². The number of nitrogens with zero attached hydrogens (tertiary/aromatic N) is 1. The fraction of sp³-hybridized carbons (Fsp3) is 0.333. The molecule has 0 spiro atoms. The van der Waals surface area contributed by atoms with Crippen LogP contribution in [0.5, 0.6) is 0 Å². The maximum absolute atomic E-state index is 13.2. The Bertz CT molecular complexity index is 949. The zero-order valence-corrected chi connectivity index (χ0v) is 18.0. The van der Waals surface area contributed by atoms with Crippen molar-refractivity contribution in [3.8, 4) is 11.1 Å². The molecule has 2 atom stereocenters. The summed E-state index contributed by atoms with van der Waals surface area (Å²) in [7, 11) is 0. The van der Waals surface area contributed by atoms with Gasteiger partial charge in [0.1, 0.15) is 12.5 Å². The van der Waals surface area contributed by atoms with Crippen molar-refractivity contribution in [2.24, 2.45) is 0 Å². The van der Waals surface area contributed by atoms with Gasteiger partial charge in [0.15, 0.2) is 0 Å². The second-order valence-corrected chi connectivity index (χ2v) is 8.33. The first-order valence-electron chi connectivity index (χ1n) is 11.0. The maximum atomic E-state index is 13.2. The molecule has 1 N–H and O–H groups in total. The first-order valence-corrected chi connectivity index (χ1v) is 11.0. The normalized spacial score (nSPS) is 20.5. The van der Waals surface area contributed by atoms with Crippen molar-refractivity contribution >= 4 is 0 Å². The maximum Gasteiger partial charge on any atom is 0.123 e. The Hall–Kier alpha value is -2.53. The number of halogens is 1. The second kappa shape index (κ2) is 9.73. The number of hydrogen-bond donors (Lipinski definition) is 1. The third-order valence-electron chi connectivity index (χ3n) is 6.47. The molecule has 1 unspecified atom stereocenters. The molecule has 0 radical (unpaired) electrons. The largest absolute Gasteiger partial charge is 0.396 e. The molecular weight excluding hydrogens is 389 g/mol. The standard InChI is InChI=1S/C27H30FNO2/c1-21(22-8-10-23(11-9-22)24-12-14-26(28)15-13-24)29-18-17-27(31-20-29,16-5-19-30)25-6-3-2-4-7-25/h2-4,6-15,21,30H,5,16-20H2,1H3/t21-,27?/m0/s1. The summed E-state index contributed by atoms with van der Waals surface area (Å²) in [6, 6.07) is 25.7. The van der Waals surface area contributed by atoms with Crippen molar-refractivity contribution in [3.63, 3.8) is 0 Å². The van der Waals surface area contributed by atoms with Crippen molar-refractivity contribution in [3.05, 3.63) is 95.8 Å². The molecule has 4 rings (SSSR count). The van der Waals surface area contributed by atoms with Gasteiger partial charge < -0.3 is 9.84 Å². The molecule has 0 aliphatic carbocycles. The molecular formula is C27H30FNO2. The lowest BCUT2D eigenvalue weighted by molar-refractivity contribution is -0.159. The number of benzene rings is 3. The van der Waals surface area contributed by atoms with Crippen LogP contribution in [0.3, 0.4) is 0 Å². The lowest BCUT2D eigenvalue weighted by Crippen LogP contribution is -2.45. The summed E-state index contributed by atoms with van der Waals surface area (Å²) in [6.45, 7) is 3.88. The number of ether oxygens (including phenoxy) is 1. The van der Waals surface area contributed by atoms with Crippen LogP contribution in [0.4, 0.5) is 4.39 Å². The zero-order chi connectivity index (χ0) is 21.7. The highest BCUT2D eigenvalue weighted by atomic mass is 19.1. The van der Waals surface area contributed by atoms with Gasteiger partial charge in [-0.3, -0.25) is 4.90 Å². The van der Waals surface area contributed by atoms with Crippen LogP contribution in [-0.2, 0) is 10.3 Å². The van der Waals surface area contributed by atoms with E-state index in [2.05, 4.69) is 60.4 Å². The van der Waals surface area contributed by atoms with Crippen molar-refractivity contribution in [2.75, 3.05) is 19.9 Å². The van der Waals surface area contributed by atoms with Gasteiger partial charge in [0.05, 0.1) is 5.60 Å². The van der Waals surface area contributed by atoms with Gasteiger partial charge in [-0.25, -0.2) is 4.39 Å². The highest BCUT2D eigenvalue weighted by molar-refractivity contribution is 5.63. The lowest BCUT2D eigenvalue weighted by atomic mass is 9.84. The highest BCUT2D eigenvalue weighted by Gasteiger charge is 2.38. The first kappa shape index (κ1) is 21.7. The van der Waals surface area contributed by atoms with Gasteiger partial charge in [0, 0.05) is 19.2 Å². The minimum Gasteiger partial charge on any atom is -0.396 e. The fourth-order valence-electron chi connectivity index (χ4n) is 4.46. The average molecular weight is 420 g/mol. The monoisotopic (exact) mass is 419 g/mol. The molecule has 1 heterocycles. The van der Waals surface area contributed by atoms with Crippen LogP contribution in [0.2, 0.25) is 0 Å². The first-order chi connectivity index (χ1) is 15.1. The average Bonchev–Trinajstić information content (AvgIpc) is 2.84. The van der Waals surface area contributed by atoms with Gasteiger partial charge in [-0.05, 0) is 60.6 Å². The Morgan fingerprint density at radius 1 is 0.968 bits per heavy atom. The van der Waals surface area contributed by atoms with E-state index >= 15 is 0 Å². The van der Waals surface area contributed by atoms with Crippen molar-refractivity contribution in [2.45, 2.75) is 37.8 Å². The number of aliphatic hydroxyl groups is 1. The third-order valence-corrected chi connectivity index (χ3v) is 6.47. The van der Waals surface area contributed by atoms with Gasteiger partial charge in [0.2, 0.25) is 0 Å². The van der Waals surface area contributed by atoms with E-state index in [1.165, 1.54) is 23.3 Å². The Morgan fingerprint density at radius 2 is 1.61 bits per heavy atom. The summed E-state index contributed by atoms with van der Waals surface area (Å²) >= 11 is 0. The van der Waals surface area contributed by atoms with Crippen LogP contribution in [0.25, 0.3) is 11.1 Å². The predicted molar refractivity (Wildman–Crippen MR) is 122 cm³/mol. The molecule has 0 saturated carbocycles. The Morgan fingerprint density at radius 3 is 2.19 bits per heavy atom. The van der Waals surface area contributed by atoms with Crippen molar-refractivity contribution in [1.29, 1.82) is 0 Å². The molecule has 1 aliphatic rings. The van der Waals surface area contributed by atoms with E-state index in [4.69, 9.17) is 4.74 Å².